The molecule has 2 rings (SSSR count). The van der Waals surface area contributed by atoms with Crippen LogP contribution in [0.5, 0.6) is 0 Å². The first-order valence-corrected chi connectivity index (χ1v) is 8.46. The summed E-state index contributed by atoms with van der Waals surface area (Å²) in [5, 5.41) is 7.63. The lowest BCUT2D eigenvalue weighted by atomic mass is 10.2. The molecule has 0 bridgehead atoms. The van der Waals surface area contributed by atoms with Crippen molar-refractivity contribution in [1.82, 2.24) is 15.6 Å². The minimum atomic E-state index is 0.645. The van der Waals surface area contributed by atoms with Crippen LogP contribution < -0.4 is 10.6 Å². The van der Waals surface area contributed by atoms with E-state index in [9.17, 15) is 0 Å². The zero-order valence-electron chi connectivity index (χ0n) is 12.2. The Kier molecular flexibility index (Phi) is 6.20. The number of thiazole rings is 1. The molecule has 0 saturated carbocycles. The van der Waals surface area contributed by atoms with Gasteiger partial charge in [-0.1, -0.05) is 28.1 Å². The quantitative estimate of drug-likeness (QED) is 0.629. The summed E-state index contributed by atoms with van der Waals surface area (Å²) in [7, 11) is 0. The number of halogens is 1. The Labute approximate surface area is 137 Å². The SMILES string of the molecule is CCNC(=NCc1cccc(Br)c1)NCc1ncc(C)s1. The predicted octanol–water partition coefficient (Wildman–Crippen LogP) is 3.47. The van der Waals surface area contributed by atoms with Crippen molar-refractivity contribution in [2.24, 2.45) is 4.99 Å². The Morgan fingerprint density at radius 1 is 1.38 bits per heavy atom. The largest absolute Gasteiger partial charge is 0.357 e. The Morgan fingerprint density at radius 3 is 2.90 bits per heavy atom. The molecule has 6 heteroatoms. The lowest BCUT2D eigenvalue weighted by Crippen LogP contribution is -2.36. The van der Waals surface area contributed by atoms with E-state index >= 15 is 0 Å². The minimum Gasteiger partial charge on any atom is -0.357 e. The van der Waals surface area contributed by atoms with Crippen LogP contribution in [0.2, 0.25) is 0 Å². The van der Waals surface area contributed by atoms with Crippen molar-refractivity contribution in [3.8, 4) is 0 Å². The molecule has 1 aromatic heterocycles. The van der Waals surface area contributed by atoms with Crippen molar-refractivity contribution in [3.63, 3.8) is 0 Å². The number of rotatable bonds is 5. The van der Waals surface area contributed by atoms with Gasteiger partial charge in [0.25, 0.3) is 0 Å². The van der Waals surface area contributed by atoms with Crippen LogP contribution in [0.1, 0.15) is 22.4 Å². The van der Waals surface area contributed by atoms with Crippen molar-refractivity contribution in [2.45, 2.75) is 26.9 Å². The molecule has 0 aliphatic rings. The van der Waals surface area contributed by atoms with E-state index in [2.05, 4.69) is 62.5 Å². The summed E-state index contributed by atoms with van der Waals surface area (Å²) in [6, 6.07) is 8.19. The molecule has 0 radical (unpaired) electrons. The number of aromatic nitrogens is 1. The standard InChI is InChI=1S/C15H19BrN4S/c1-3-17-15(20-10-14-18-8-11(2)21-14)19-9-12-5-4-6-13(16)7-12/h4-8H,3,9-10H2,1-2H3,(H2,17,19,20). The minimum absolute atomic E-state index is 0.645. The van der Waals surface area contributed by atoms with E-state index in [1.54, 1.807) is 11.3 Å². The van der Waals surface area contributed by atoms with Crippen LogP contribution in [0, 0.1) is 6.92 Å². The van der Waals surface area contributed by atoms with Gasteiger partial charge >= 0.3 is 0 Å². The lowest BCUT2D eigenvalue weighted by Gasteiger charge is -2.10. The number of benzene rings is 1. The molecule has 0 amide bonds. The normalized spacial score (nSPS) is 11.5. The molecule has 0 fully saturated rings. The second-order valence-electron chi connectivity index (χ2n) is 4.54. The van der Waals surface area contributed by atoms with Crippen LogP contribution in [0.25, 0.3) is 0 Å². The molecule has 2 N–H and O–H groups in total. The molecular weight excluding hydrogens is 348 g/mol. The number of aliphatic imine (C=N–C) groups is 1. The monoisotopic (exact) mass is 366 g/mol. The van der Waals surface area contributed by atoms with E-state index in [1.165, 1.54) is 10.4 Å². The van der Waals surface area contributed by atoms with Crippen LogP contribution in [-0.2, 0) is 13.1 Å². The highest BCUT2D eigenvalue weighted by Gasteiger charge is 2.01. The van der Waals surface area contributed by atoms with Gasteiger partial charge in [0.05, 0.1) is 13.1 Å². The molecule has 0 atom stereocenters. The molecule has 1 heterocycles. The molecule has 0 aliphatic heterocycles. The first-order chi connectivity index (χ1) is 10.2. The lowest BCUT2D eigenvalue weighted by molar-refractivity contribution is 0.811. The summed E-state index contributed by atoms with van der Waals surface area (Å²) in [5.41, 5.74) is 1.17. The van der Waals surface area contributed by atoms with Crippen molar-refractivity contribution in [3.05, 3.63) is 50.4 Å². The number of nitrogens with one attached hydrogen (secondary N) is 2. The van der Waals surface area contributed by atoms with Crippen LogP contribution in [0.15, 0.2) is 39.9 Å². The summed E-state index contributed by atoms with van der Waals surface area (Å²) in [6.07, 6.45) is 1.90. The Bertz CT molecular complexity index is 609. The zero-order chi connectivity index (χ0) is 15.1. The van der Waals surface area contributed by atoms with Gasteiger partial charge < -0.3 is 10.6 Å². The number of guanidine groups is 1. The van der Waals surface area contributed by atoms with Crippen molar-refractivity contribution < 1.29 is 0 Å². The van der Waals surface area contributed by atoms with Gasteiger partial charge in [-0.2, -0.15) is 0 Å². The highest BCUT2D eigenvalue weighted by atomic mass is 79.9. The van der Waals surface area contributed by atoms with Gasteiger partial charge in [0, 0.05) is 22.1 Å². The van der Waals surface area contributed by atoms with Crippen molar-refractivity contribution in [1.29, 1.82) is 0 Å². The molecule has 4 nitrogen and oxygen atoms in total. The molecule has 0 unspecified atom stereocenters. The van der Waals surface area contributed by atoms with E-state index in [1.807, 2.05) is 18.3 Å². The Morgan fingerprint density at radius 2 is 2.24 bits per heavy atom. The zero-order valence-corrected chi connectivity index (χ0v) is 14.6. The second kappa shape index (κ2) is 8.14. The summed E-state index contributed by atoms with van der Waals surface area (Å²) < 4.78 is 1.08. The van der Waals surface area contributed by atoms with Crippen LogP contribution in [0.3, 0.4) is 0 Å². The number of hydrogen-bond acceptors (Lipinski definition) is 3. The Balaban J connectivity index is 1.95. The van der Waals surface area contributed by atoms with E-state index in [0.29, 0.717) is 13.1 Å². The third kappa shape index (κ3) is 5.47. The molecule has 1 aromatic carbocycles. The predicted molar refractivity (Wildman–Crippen MR) is 92.6 cm³/mol. The Hall–Kier alpha value is -1.40. The summed E-state index contributed by atoms with van der Waals surface area (Å²) >= 11 is 5.18. The first-order valence-electron chi connectivity index (χ1n) is 6.85. The molecule has 112 valence electrons. The maximum absolute atomic E-state index is 4.60. The average molecular weight is 367 g/mol. The fourth-order valence-electron chi connectivity index (χ4n) is 1.79. The van der Waals surface area contributed by atoms with E-state index in [-0.39, 0.29) is 0 Å². The molecule has 21 heavy (non-hydrogen) atoms. The van der Waals surface area contributed by atoms with Gasteiger partial charge in [0.1, 0.15) is 5.01 Å². The van der Waals surface area contributed by atoms with Crippen LogP contribution in [0.4, 0.5) is 0 Å². The maximum atomic E-state index is 4.60. The fourth-order valence-corrected chi connectivity index (χ4v) is 2.96. The number of hydrogen-bond donors (Lipinski definition) is 2. The molecule has 2 aromatic rings. The molecule has 0 spiro atoms. The van der Waals surface area contributed by atoms with Crippen molar-refractivity contribution >= 4 is 33.2 Å². The fraction of sp³-hybridized carbons (Fsp3) is 0.333. The van der Waals surface area contributed by atoms with E-state index < -0.39 is 0 Å². The van der Waals surface area contributed by atoms with Crippen LogP contribution in [-0.4, -0.2) is 17.5 Å². The topological polar surface area (TPSA) is 49.3 Å². The maximum Gasteiger partial charge on any atom is 0.191 e. The number of nitrogens with zero attached hydrogens (tertiary/aromatic N) is 2. The van der Waals surface area contributed by atoms with Gasteiger partial charge in [-0.05, 0) is 31.5 Å². The highest BCUT2D eigenvalue weighted by Crippen LogP contribution is 2.12. The van der Waals surface area contributed by atoms with Gasteiger partial charge in [0.2, 0.25) is 0 Å². The summed E-state index contributed by atoms with van der Waals surface area (Å²) in [5.74, 6) is 0.810. The molecule has 0 aliphatic carbocycles. The van der Waals surface area contributed by atoms with E-state index in [0.717, 1.165) is 22.0 Å². The average Bonchev–Trinajstić information content (AvgIpc) is 2.88. The third-order valence-electron chi connectivity index (χ3n) is 2.73. The summed E-state index contributed by atoms with van der Waals surface area (Å²) in [6.45, 7) is 6.30. The van der Waals surface area contributed by atoms with Gasteiger partial charge in [-0.15, -0.1) is 11.3 Å². The van der Waals surface area contributed by atoms with Crippen LogP contribution >= 0.6 is 27.3 Å². The second-order valence-corrected chi connectivity index (χ2v) is 6.78. The number of aryl methyl sites for hydroxylation is 1. The van der Waals surface area contributed by atoms with Gasteiger partial charge in [-0.3, -0.25) is 0 Å². The smallest absolute Gasteiger partial charge is 0.191 e. The summed E-state index contributed by atoms with van der Waals surface area (Å²) in [4.78, 5) is 10.2. The first kappa shape index (κ1) is 16.0. The third-order valence-corrected chi connectivity index (χ3v) is 4.14. The van der Waals surface area contributed by atoms with Gasteiger partial charge in [-0.25, -0.2) is 9.98 Å². The van der Waals surface area contributed by atoms with Crippen molar-refractivity contribution in [2.75, 3.05) is 6.54 Å². The van der Waals surface area contributed by atoms with Gasteiger partial charge in [0.15, 0.2) is 5.96 Å². The molecule has 0 saturated heterocycles. The molecular formula is C15H19BrN4S. The highest BCUT2D eigenvalue weighted by molar-refractivity contribution is 9.10. The van der Waals surface area contributed by atoms with E-state index in [4.69, 9.17) is 0 Å².